The van der Waals surface area contributed by atoms with E-state index < -0.39 is 10.0 Å². The van der Waals surface area contributed by atoms with E-state index in [0.29, 0.717) is 18.3 Å². The number of sulfonamides is 1. The van der Waals surface area contributed by atoms with Gasteiger partial charge in [0.25, 0.3) is 10.0 Å². The Hall–Kier alpha value is -2.20. The smallest absolute Gasteiger partial charge is 0.259 e. The van der Waals surface area contributed by atoms with Gasteiger partial charge in [-0.3, -0.25) is 0 Å². The number of hydrogen-bond acceptors (Lipinski definition) is 7. The van der Waals surface area contributed by atoms with Gasteiger partial charge < -0.3 is 14.8 Å². The molecule has 3 heterocycles. The first-order chi connectivity index (χ1) is 12.3. The molecule has 0 aromatic carbocycles. The molecule has 1 aliphatic rings. The first kappa shape index (κ1) is 18.6. The number of anilines is 2. The Morgan fingerprint density at radius 3 is 2.50 bits per heavy atom. The lowest BCUT2D eigenvalue weighted by Crippen LogP contribution is -2.29. The summed E-state index contributed by atoms with van der Waals surface area (Å²) in [6.45, 7) is 6.31. The molecule has 0 aliphatic carbocycles. The molecule has 2 N–H and O–H groups in total. The van der Waals surface area contributed by atoms with Crippen LogP contribution in [0, 0.1) is 13.8 Å². The molecule has 1 saturated heterocycles. The maximum absolute atomic E-state index is 12.2. The SMILES string of the molecule is Cc1cc(N2CCCC2)nc(NCCNS(=O)(=O)c2cn(C)c(C)n2)n1. The quantitative estimate of drug-likeness (QED) is 0.686. The summed E-state index contributed by atoms with van der Waals surface area (Å²) in [4.78, 5) is 15.2. The highest BCUT2D eigenvalue weighted by Crippen LogP contribution is 2.19. The molecular formula is C16H25N7O2S. The Kier molecular flexibility index (Phi) is 5.42. The highest BCUT2D eigenvalue weighted by Gasteiger charge is 2.18. The van der Waals surface area contributed by atoms with Crippen LogP contribution in [0.15, 0.2) is 17.3 Å². The fourth-order valence-electron chi connectivity index (χ4n) is 2.83. The standard InChI is InChI=1S/C16H25N7O2S/c1-12-10-14(23-8-4-5-9-23)21-16(19-12)17-6-7-18-26(24,25)15-11-22(3)13(2)20-15/h10-11,18H,4-9H2,1-3H3,(H,17,19,21). The summed E-state index contributed by atoms with van der Waals surface area (Å²) in [5.41, 5.74) is 0.883. The summed E-state index contributed by atoms with van der Waals surface area (Å²) in [5, 5.41) is 3.12. The zero-order valence-electron chi connectivity index (χ0n) is 15.4. The third-order valence-electron chi connectivity index (χ3n) is 4.33. The van der Waals surface area contributed by atoms with E-state index in [-0.39, 0.29) is 11.6 Å². The highest BCUT2D eigenvalue weighted by atomic mass is 32.2. The van der Waals surface area contributed by atoms with E-state index in [4.69, 9.17) is 0 Å². The second kappa shape index (κ2) is 7.58. The number of rotatable bonds is 7. The van der Waals surface area contributed by atoms with E-state index in [2.05, 4.69) is 29.9 Å². The first-order valence-corrected chi connectivity index (χ1v) is 10.2. The Balaban J connectivity index is 1.56. The molecule has 1 aliphatic heterocycles. The van der Waals surface area contributed by atoms with Gasteiger partial charge >= 0.3 is 0 Å². The Bertz CT molecular complexity index is 853. The number of aryl methyl sites for hydroxylation is 3. The van der Waals surface area contributed by atoms with Crippen molar-refractivity contribution in [3.05, 3.63) is 23.8 Å². The van der Waals surface area contributed by atoms with Crippen molar-refractivity contribution in [1.82, 2.24) is 24.2 Å². The van der Waals surface area contributed by atoms with E-state index in [0.717, 1.165) is 24.6 Å². The lowest BCUT2D eigenvalue weighted by Gasteiger charge is -2.17. The molecule has 0 bridgehead atoms. The van der Waals surface area contributed by atoms with Crippen LogP contribution in [0.4, 0.5) is 11.8 Å². The highest BCUT2D eigenvalue weighted by molar-refractivity contribution is 7.89. The molecule has 1 fully saturated rings. The van der Waals surface area contributed by atoms with Gasteiger partial charge in [-0.25, -0.2) is 23.1 Å². The summed E-state index contributed by atoms with van der Waals surface area (Å²) < 4.78 is 28.7. The predicted molar refractivity (Wildman–Crippen MR) is 99.8 cm³/mol. The lowest BCUT2D eigenvalue weighted by molar-refractivity contribution is 0.579. The predicted octanol–water partition coefficient (Wildman–Crippen LogP) is 0.818. The molecule has 9 nitrogen and oxygen atoms in total. The monoisotopic (exact) mass is 379 g/mol. The fraction of sp³-hybridized carbons (Fsp3) is 0.562. The van der Waals surface area contributed by atoms with Crippen LogP contribution >= 0.6 is 0 Å². The van der Waals surface area contributed by atoms with E-state index in [1.807, 2.05) is 13.0 Å². The van der Waals surface area contributed by atoms with Gasteiger partial charge in [-0.05, 0) is 26.7 Å². The van der Waals surface area contributed by atoms with Gasteiger partial charge in [0.05, 0.1) is 0 Å². The van der Waals surface area contributed by atoms with Crippen molar-refractivity contribution in [2.75, 3.05) is 36.4 Å². The summed E-state index contributed by atoms with van der Waals surface area (Å²) in [6, 6.07) is 1.97. The average molecular weight is 379 g/mol. The van der Waals surface area contributed by atoms with E-state index in [1.54, 1.807) is 18.5 Å². The summed E-state index contributed by atoms with van der Waals surface area (Å²) in [5.74, 6) is 2.08. The van der Waals surface area contributed by atoms with Crippen LogP contribution in [-0.4, -0.2) is 54.1 Å². The lowest BCUT2D eigenvalue weighted by atomic mass is 10.4. The second-order valence-electron chi connectivity index (χ2n) is 6.45. The Labute approximate surface area is 153 Å². The zero-order chi connectivity index (χ0) is 18.7. The van der Waals surface area contributed by atoms with Crippen LogP contribution in [-0.2, 0) is 17.1 Å². The van der Waals surface area contributed by atoms with Gasteiger partial charge in [0, 0.05) is 51.2 Å². The third kappa shape index (κ3) is 4.31. The minimum absolute atomic E-state index is 0.0284. The molecular weight excluding hydrogens is 354 g/mol. The molecule has 10 heteroatoms. The van der Waals surface area contributed by atoms with Gasteiger partial charge in [0.2, 0.25) is 5.95 Å². The number of nitrogens with zero attached hydrogens (tertiary/aromatic N) is 5. The van der Waals surface area contributed by atoms with E-state index >= 15 is 0 Å². The third-order valence-corrected chi connectivity index (χ3v) is 5.66. The van der Waals surface area contributed by atoms with Crippen molar-refractivity contribution in [3.8, 4) is 0 Å². The topological polar surface area (TPSA) is 105 Å². The molecule has 0 amide bonds. The minimum Gasteiger partial charge on any atom is -0.356 e. The van der Waals surface area contributed by atoms with E-state index in [9.17, 15) is 8.42 Å². The zero-order valence-corrected chi connectivity index (χ0v) is 16.2. The largest absolute Gasteiger partial charge is 0.356 e. The average Bonchev–Trinajstić information content (AvgIpc) is 3.22. The maximum Gasteiger partial charge on any atom is 0.259 e. The van der Waals surface area contributed by atoms with Crippen molar-refractivity contribution in [1.29, 1.82) is 0 Å². The number of hydrogen-bond donors (Lipinski definition) is 2. The number of nitrogens with one attached hydrogen (secondary N) is 2. The van der Waals surface area contributed by atoms with Crippen LogP contribution in [0.5, 0.6) is 0 Å². The van der Waals surface area contributed by atoms with Gasteiger partial charge in [-0.15, -0.1) is 0 Å². The summed E-state index contributed by atoms with van der Waals surface area (Å²) in [7, 11) is -1.86. The maximum atomic E-state index is 12.2. The summed E-state index contributed by atoms with van der Waals surface area (Å²) in [6.07, 6.45) is 3.86. The van der Waals surface area contributed by atoms with Crippen LogP contribution in [0.1, 0.15) is 24.4 Å². The minimum atomic E-state index is -3.62. The van der Waals surface area contributed by atoms with Gasteiger partial charge in [0.15, 0.2) is 5.03 Å². The molecule has 26 heavy (non-hydrogen) atoms. The molecule has 3 rings (SSSR count). The normalized spacial score (nSPS) is 14.8. The molecule has 0 spiro atoms. The van der Waals surface area contributed by atoms with Crippen molar-refractivity contribution < 1.29 is 8.42 Å². The number of imidazole rings is 1. The van der Waals surface area contributed by atoms with Crippen molar-refractivity contribution in [2.24, 2.45) is 7.05 Å². The molecule has 2 aromatic heterocycles. The van der Waals surface area contributed by atoms with Crippen molar-refractivity contribution in [3.63, 3.8) is 0 Å². The van der Waals surface area contributed by atoms with Crippen molar-refractivity contribution in [2.45, 2.75) is 31.7 Å². The van der Waals surface area contributed by atoms with Gasteiger partial charge in [0.1, 0.15) is 11.6 Å². The molecule has 142 valence electrons. The molecule has 0 unspecified atom stereocenters. The first-order valence-electron chi connectivity index (χ1n) is 8.69. The molecule has 0 radical (unpaired) electrons. The fourth-order valence-corrected chi connectivity index (χ4v) is 3.90. The number of aromatic nitrogens is 4. The van der Waals surface area contributed by atoms with Crippen LogP contribution < -0.4 is 14.9 Å². The summed E-state index contributed by atoms with van der Waals surface area (Å²) >= 11 is 0. The molecule has 2 aromatic rings. The van der Waals surface area contributed by atoms with Gasteiger partial charge in [-0.2, -0.15) is 4.98 Å². The Morgan fingerprint density at radius 1 is 1.12 bits per heavy atom. The van der Waals surface area contributed by atoms with Crippen molar-refractivity contribution >= 4 is 21.8 Å². The van der Waals surface area contributed by atoms with Gasteiger partial charge in [-0.1, -0.05) is 0 Å². The van der Waals surface area contributed by atoms with Crippen LogP contribution in [0.3, 0.4) is 0 Å². The Morgan fingerprint density at radius 2 is 1.85 bits per heavy atom. The second-order valence-corrected chi connectivity index (χ2v) is 8.16. The van der Waals surface area contributed by atoms with Crippen LogP contribution in [0.2, 0.25) is 0 Å². The van der Waals surface area contributed by atoms with Crippen LogP contribution in [0.25, 0.3) is 0 Å². The molecule has 0 atom stereocenters. The van der Waals surface area contributed by atoms with E-state index in [1.165, 1.54) is 19.0 Å². The molecule has 0 saturated carbocycles.